The summed E-state index contributed by atoms with van der Waals surface area (Å²) in [5, 5.41) is 0. The van der Waals surface area contributed by atoms with Crippen LogP contribution in [0.3, 0.4) is 0 Å². The Morgan fingerprint density at radius 1 is 1.67 bits per heavy atom. The molecule has 0 spiro atoms. The van der Waals surface area contributed by atoms with Crippen LogP contribution >= 0.6 is 0 Å². The number of nitrogens with zero attached hydrogens (tertiary/aromatic N) is 1. The lowest BCUT2D eigenvalue weighted by molar-refractivity contribution is 0.500. The first-order valence-corrected chi connectivity index (χ1v) is 5.09. The van der Waals surface area contributed by atoms with Crippen LogP contribution in [0, 0.1) is 19.3 Å². The largest absolute Gasteiger partial charge is 0.271 e. The monoisotopic (exact) mass is 203 g/mol. The summed E-state index contributed by atoms with van der Waals surface area (Å²) in [4.78, 5) is 4.06. The second-order valence-electron chi connectivity index (χ2n) is 3.55. The summed E-state index contributed by atoms with van der Waals surface area (Å²) in [5.41, 5.74) is 5.17. The highest BCUT2D eigenvalue weighted by Crippen LogP contribution is 2.20. The number of nitrogens with two attached hydrogens (primary N) is 1. The van der Waals surface area contributed by atoms with Gasteiger partial charge in [0.2, 0.25) is 0 Å². The van der Waals surface area contributed by atoms with Crippen molar-refractivity contribution in [3.05, 3.63) is 29.6 Å². The highest BCUT2D eigenvalue weighted by atomic mass is 15.2. The van der Waals surface area contributed by atoms with Crippen LogP contribution in [0.2, 0.25) is 0 Å². The Bertz CT molecular complexity index is 341. The summed E-state index contributed by atoms with van der Waals surface area (Å²) >= 11 is 0. The van der Waals surface area contributed by atoms with Gasteiger partial charge < -0.3 is 0 Å². The lowest BCUT2D eigenvalue weighted by Gasteiger charge is -2.17. The van der Waals surface area contributed by atoms with Gasteiger partial charge in [-0.15, -0.1) is 12.3 Å². The average Bonchev–Trinajstić information content (AvgIpc) is 2.26. The van der Waals surface area contributed by atoms with Gasteiger partial charge in [0.05, 0.1) is 0 Å². The summed E-state index contributed by atoms with van der Waals surface area (Å²) in [6, 6.07) is 2.16. The maximum atomic E-state index is 5.53. The SMILES string of the molecule is C#CCCCC(NN)c1ccncc1C. The first kappa shape index (κ1) is 11.7. The Morgan fingerprint density at radius 3 is 3.07 bits per heavy atom. The Kier molecular flexibility index (Phi) is 4.82. The van der Waals surface area contributed by atoms with Crippen LogP contribution in [0.1, 0.15) is 36.4 Å². The normalized spacial score (nSPS) is 12.1. The van der Waals surface area contributed by atoms with Crippen molar-refractivity contribution in [1.82, 2.24) is 10.4 Å². The third-order valence-electron chi connectivity index (χ3n) is 2.45. The van der Waals surface area contributed by atoms with Crippen molar-refractivity contribution in [3.8, 4) is 12.3 Å². The summed E-state index contributed by atoms with van der Waals surface area (Å²) in [6.07, 6.45) is 11.6. The van der Waals surface area contributed by atoms with Crippen LogP contribution in [0.25, 0.3) is 0 Å². The zero-order chi connectivity index (χ0) is 11.1. The van der Waals surface area contributed by atoms with Crippen molar-refractivity contribution in [2.45, 2.75) is 32.2 Å². The van der Waals surface area contributed by atoms with Crippen LogP contribution in [-0.2, 0) is 0 Å². The molecule has 1 aromatic rings. The molecular formula is C12H17N3. The van der Waals surface area contributed by atoms with E-state index in [9.17, 15) is 0 Å². The first-order chi connectivity index (χ1) is 7.29. The Labute approximate surface area is 91.1 Å². The number of unbranched alkanes of at least 4 members (excludes halogenated alkanes) is 1. The average molecular weight is 203 g/mol. The molecule has 1 heterocycles. The second-order valence-corrected chi connectivity index (χ2v) is 3.55. The van der Waals surface area contributed by atoms with Crippen molar-refractivity contribution in [2.75, 3.05) is 0 Å². The Morgan fingerprint density at radius 2 is 2.47 bits per heavy atom. The van der Waals surface area contributed by atoms with E-state index in [1.54, 1.807) is 6.20 Å². The fourth-order valence-electron chi connectivity index (χ4n) is 1.61. The molecule has 3 heteroatoms. The number of terminal acetylenes is 1. The van der Waals surface area contributed by atoms with Gasteiger partial charge in [-0.1, -0.05) is 0 Å². The lowest BCUT2D eigenvalue weighted by atomic mass is 9.99. The zero-order valence-electron chi connectivity index (χ0n) is 9.03. The van der Waals surface area contributed by atoms with E-state index in [2.05, 4.69) is 16.3 Å². The summed E-state index contributed by atoms with van der Waals surface area (Å²) < 4.78 is 0. The molecule has 0 saturated heterocycles. The van der Waals surface area contributed by atoms with E-state index in [1.807, 2.05) is 19.2 Å². The fraction of sp³-hybridized carbons (Fsp3) is 0.417. The molecule has 0 fully saturated rings. The van der Waals surface area contributed by atoms with Gasteiger partial charge in [-0.3, -0.25) is 16.3 Å². The summed E-state index contributed by atoms with van der Waals surface area (Å²) in [6.45, 7) is 2.04. The van der Waals surface area contributed by atoms with Crippen LogP contribution in [0.4, 0.5) is 0 Å². The molecule has 3 nitrogen and oxygen atoms in total. The van der Waals surface area contributed by atoms with E-state index >= 15 is 0 Å². The van der Waals surface area contributed by atoms with Crippen LogP contribution < -0.4 is 11.3 Å². The second kappa shape index (κ2) is 6.18. The van der Waals surface area contributed by atoms with Crippen molar-refractivity contribution in [3.63, 3.8) is 0 Å². The van der Waals surface area contributed by atoms with E-state index in [0.29, 0.717) is 0 Å². The lowest BCUT2D eigenvalue weighted by Crippen LogP contribution is -2.28. The third-order valence-corrected chi connectivity index (χ3v) is 2.45. The molecule has 1 rings (SSSR count). The maximum absolute atomic E-state index is 5.53. The van der Waals surface area contributed by atoms with Crippen molar-refractivity contribution in [2.24, 2.45) is 5.84 Å². The minimum atomic E-state index is 0.168. The van der Waals surface area contributed by atoms with Crippen molar-refractivity contribution < 1.29 is 0 Å². The van der Waals surface area contributed by atoms with Crippen LogP contribution in [0.5, 0.6) is 0 Å². The molecule has 80 valence electrons. The van der Waals surface area contributed by atoms with E-state index in [4.69, 9.17) is 12.3 Å². The molecule has 0 saturated carbocycles. The highest BCUT2D eigenvalue weighted by Gasteiger charge is 2.10. The summed E-state index contributed by atoms with van der Waals surface area (Å²) in [5.74, 6) is 8.17. The predicted octanol–water partition coefficient (Wildman–Crippen LogP) is 1.70. The number of aromatic nitrogens is 1. The Balaban J connectivity index is 2.66. The molecule has 0 aliphatic carbocycles. The molecule has 3 N–H and O–H groups in total. The number of nitrogens with one attached hydrogen (secondary N) is 1. The molecule has 0 aliphatic heterocycles. The Hall–Kier alpha value is -1.37. The van der Waals surface area contributed by atoms with Gasteiger partial charge in [-0.25, -0.2) is 0 Å². The van der Waals surface area contributed by atoms with Gasteiger partial charge in [0.1, 0.15) is 0 Å². The molecule has 0 amide bonds. The van der Waals surface area contributed by atoms with Gasteiger partial charge in [0.15, 0.2) is 0 Å². The van der Waals surface area contributed by atoms with Gasteiger partial charge in [-0.05, 0) is 37.0 Å². The van der Waals surface area contributed by atoms with E-state index in [0.717, 1.165) is 24.8 Å². The molecule has 0 aromatic carbocycles. The highest BCUT2D eigenvalue weighted by molar-refractivity contribution is 5.25. The van der Waals surface area contributed by atoms with Crippen molar-refractivity contribution in [1.29, 1.82) is 0 Å². The van der Waals surface area contributed by atoms with Crippen LogP contribution in [-0.4, -0.2) is 4.98 Å². The van der Waals surface area contributed by atoms with E-state index in [-0.39, 0.29) is 6.04 Å². The van der Waals surface area contributed by atoms with E-state index < -0.39 is 0 Å². The topological polar surface area (TPSA) is 50.9 Å². The molecule has 1 aromatic heterocycles. The van der Waals surface area contributed by atoms with Gasteiger partial charge in [0, 0.05) is 24.9 Å². The van der Waals surface area contributed by atoms with Gasteiger partial charge in [0.25, 0.3) is 0 Å². The standard InChI is InChI=1S/C12H17N3/c1-3-4-5-6-12(15-13)11-7-8-14-9-10(11)2/h1,7-9,12,15H,4-6,13H2,2H3. The number of hydrogen-bond donors (Lipinski definition) is 2. The maximum Gasteiger partial charge on any atom is 0.0464 e. The number of hydrazine groups is 1. The zero-order valence-corrected chi connectivity index (χ0v) is 9.03. The first-order valence-electron chi connectivity index (χ1n) is 5.09. The smallest absolute Gasteiger partial charge is 0.0464 e. The molecule has 0 aliphatic rings. The van der Waals surface area contributed by atoms with E-state index in [1.165, 1.54) is 5.56 Å². The third kappa shape index (κ3) is 3.35. The van der Waals surface area contributed by atoms with Gasteiger partial charge in [-0.2, -0.15) is 0 Å². The fourth-order valence-corrected chi connectivity index (χ4v) is 1.61. The molecule has 15 heavy (non-hydrogen) atoms. The van der Waals surface area contributed by atoms with Crippen molar-refractivity contribution >= 4 is 0 Å². The number of pyridine rings is 1. The minimum Gasteiger partial charge on any atom is -0.271 e. The summed E-state index contributed by atoms with van der Waals surface area (Å²) in [7, 11) is 0. The van der Waals surface area contributed by atoms with Crippen LogP contribution in [0.15, 0.2) is 18.5 Å². The number of aryl methyl sites for hydroxylation is 1. The number of hydrogen-bond acceptors (Lipinski definition) is 3. The minimum absolute atomic E-state index is 0.168. The van der Waals surface area contributed by atoms with Gasteiger partial charge >= 0.3 is 0 Å². The molecule has 0 radical (unpaired) electrons. The predicted molar refractivity (Wildman–Crippen MR) is 61.7 cm³/mol. The molecular weight excluding hydrogens is 186 g/mol. The molecule has 1 atom stereocenters. The quantitative estimate of drug-likeness (QED) is 0.331. The molecule has 0 bridgehead atoms. The molecule has 1 unspecified atom stereocenters. The number of rotatable bonds is 5.